The molecule has 0 aromatic rings. The molecule has 1 aliphatic carbocycles. The maximum atomic E-state index is 10.7. The topological polar surface area (TPSA) is 17.1 Å². The second-order valence-electron chi connectivity index (χ2n) is 2.05. The lowest BCUT2D eigenvalue weighted by molar-refractivity contribution is -0.118. The van der Waals surface area contributed by atoms with Crippen LogP contribution in [0.25, 0.3) is 0 Å². The van der Waals surface area contributed by atoms with E-state index in [1.165, 1.54) is 0 Å². The molecule has 1 nitrogen and oxygen atoms in total. The van der Waals surface area contributed by atoms with Crippen LogP contribution < -0.4 is 0 Å². The van der Waals surface area contributed by atoms with Crippen LogP contribution in [0.15, 0.2) is 22.7 Å². The van der Waals surface area contributed by atoms with Crippen LogP contribution in [0.5, 0.6) is 0 Å². The van der Waals surface area contributed by atoms with E-state index in [1.54, 1.807) is 6.92 Å². The van der Waals surface area contributed by atoms with Crippen LogP contribution in [0.2, 0.25) is 0 Å². The predicted molar refractivity (Wildman–Crippen MR) is 40.3 cm³/mol. The van der Waals surface area contributed by atoms with Crippen molar-refractivity contribution in [2.24, 2.45) is 5.92 Å². The van der Waals surface area contributed by atoms with Gasteiger partial charge in [0.25, 0.3) is 0 Å². The normalized spacial score (nSPS) is 24.2. The molecule has 0 aliphatic heterocycles. The quantitative estimate of drug-likeness (QED) is 0.613. The molecule has 9 heavy (non-hydrogen) atoms. The van der Waals surface area contributed by atoms with Gasteiger partial charge in [-0.1, -0.05) is 34.2 Å². The van der Waals surface area contributed by atoms with Crippen molar-refractivity contribution in [3.05, 3.63) is 22.7 Å². The first-order valence-electron chi connectivity index (χ1n) is 2.76. The average molecular weight is 187 g/mol. The molecule has 0 fully saturated rings. The van der Waals surface area contributed by atoms with Crippen molar-refractivity contribution in [1.82, 2.24) is 0 Å². The molecule has 0 radical (unpaired) electrons. The molecule has 1 aliphatic rings. The van der Waals surface area contributed by atoms with Crippen molar-refractivity contribution in [3.63, 3.8) is 0 Å². The van der Waals surface area contributed by atoms with Gasteiger partial charge in [0, 0.05) is 4.48 Å². The standard InChI is InChI=1S/C7H7BrO/c1-5(9)6-2-3-7(8)4-6/h2-4,6H,1H3. The fourth-order valence-electron chi connectivity index (χ4n) is 0.731. The van der Waals surface area contributed by atoms with E-state index >= 15 is 0 Å². The van der Waals surface area contributed by atoms with E-state index in [9.17, 15) is 4.79 Å². The predicted octanol–water partition coefficient (Wildman–Crippen LogP) is 2.04. The Morgan fingerprint density at radius 3 is 2.67 bits per heavy atom. The van der Waals surface area contributed by atoms with E-state index in [-0.39, 0.29) is 11.7 Å². The summed E-state index contributed by atoms with van der Waals surface area (Å²) < 4.78 is 1.00. The number of rotatable bonds is 1. The summed E-state index contributed by atoms with van der Waals surface area (Å²) in [6, 6.07) is 0. The number of Topliss-reactive ketones (excluding diaryl/α,β-unsaturated/α-hetero) is 1. The maximum Gasteiger partial charge on any atom is 0.140 e. The van der Waals surface area contributed by atoms with E-state index in [1.807, 2.05) is 18.2 Å². The Balaban J connectivity index is 2.70. The Kier molecular flexibility index (Phi) is 1.86. The fourth-order valence-corrected chi connectivity index (χ4v) is 1.17. The van der Waals surface area contributed by atoms with E-state index < -0.39 is 0 Å². The van der Waals surface area contributed by atoms with E-state index in [0.29, 0.717) is 0 Å². The smallest absolute Gasteiger partial charge is 0.140 e. The molecule has 1 unspecified atom stereocenters. The van der Waals surface area contributed by atoms with Gasteiger partial charge in [0.1, 0.15) is 5.78 Å². The number of carbonyl (C=O) groups is 1. The number of allylic oxidation sites excluding steroid dienone is 4. The Morgan fingerprint density at radius 2 is 2.44 bits per heavy atom. The van der Waals surface area contributed by atoms with Crippen molar-refractivity contribution >= 4 is 21.7 Å². The van der Waals surface area contributed by atoms with Gasteiger partial charge in [-0.15, -0.1) is 0 Å². The molecule has 0 heterocycles. The zero-order chi connectivity index (χ0) is 6.85. The highest BCUT2D eigenvalue weighted by Gasteiger charge is 2.11. The number of hydrogen-bond donors (Lipinski definition) is 0. The summed E-state index contributed by atoms with van der Waals surface area (Å²) >= 11 is 3.27. The number of halogens is 1. The molecule has 0 aromatic carbocycles. The summed E-state index contributed by atoms with van der Waals surface area (Å²) in [6.07, 6.45) is 5.67. The molecule has 1 rings (SSSR count). The van der Waals surface area contributed by atoms with Crippen LogP contribution in [0, 0.1) is 5.92 Å². The largest absolute Gasteiger partial charge is 0.299 e. The van der Waals surface area contributed by atoms with Crippen LogP contribution in [0.1, 0.15) is 6.92 Å². The highest BCUT2D eigenvalue weighted by atomic mass is 79.9. The van der Waals surface area contributed by atoms with Crippen LogP contribution in [-0.2, 0) is 4.79 Å². The monoisotopic (exact) mass is 186 g/mol. The third-order valence-electron chi connectivity index (χ3n) is 1.27. The SMILES string of the molecule is CC(=O)C1C=CC(Br)=C1. The van der Waals surface area contributed by atoms with Crippen LogP contribution >= 0.6 is 15.9 Å². The van der Waals surface area contributed by atoms with Gasteiger partial charge in [-0.3, -0.25) is 4.79 Å². The molecule has 0 saturated heterocycles. The molecule has 0 saturated carbocycles. The first kappa shape index (κ1) is 6.75. The van der Waals surface area contributed by atoms with Gasteiger partial charge in [-0.2, -0.15) is 0 Å². The lowest BCUT2D eigenvalue weighted by atomic mass is 10.1. The molecule has 48 valence electrons. The fraction of sp³-hybridized carbons (Fsp3) is 0.286. The van der Waals surface area contributed by atoms with E-state index in [0.717, 1.165) is 4.48 Å². The van der Waals surface area contributed by atoms with Crippen molar-refractivity contribution in [1.29, 1.82) is 0 Å². The molecule has 2 heteroatoms. The second kappa shape index (κ2) is 2.48. The molecule has 1 atom stereocenters. The van der Waals surface area contributed by atoms with Gasteiger partial charge in [-0.05, 0) is 6.92 Å². The van der Waals surface area contributed by atoms with Gasteiger partial charge in [0.05, 0.1) is 5.92 Å². The lowest BCUT2D eigenvalue weighted by Crippen LogP contribution is -2.01. The Bertz CT molecular complexity index is 191. The molecule has 0 bridgehead atoms. The van der Waals surface area contributed by atoms with E-state index in [4.69, 9.17) is 0 Å². The maximum absolute atomic E-state index is 10.7. The van der Waals surface area contributed by atoms with Crippen LogP contribution in [0.4, 0.5) is 0 Å². The first-order chi connectivity index (χ1) is 4.20. The Labute approximate surface area is 62.6 Å². The molecular weight excluding hydrogens is 180 g/mol. The van der Waals surface area contributed by atoms with Crippen molar-refractivity contribution < 1.29 is 4.79 Å². The molecule has 0 aromatic heterocycles. The summed E-state index contributed by atoms with van der Waals surface area (Å²) in [5.41, 5.74) is 0. The minimum Gasteiger partial charge on any atom is -0.299 e. The van der Waals surface area contributed by atoms with Gasteiger partial charge >= 0.3 is 0 Å². The molecule has 0 N–H and O–H groups in total. The van der Waals surface area contributed by atoms with Crippen molar-refractivity contribution in [2.75, 3.05) is 0 Å². The number of carbonyl (C=O) groups excluding carboxylic acids is 1. The Hall–Kier alpha value is -0.370. The summed E-state index contributed by atoms with van der Waals surface area (Å²) in [6.45, 7) is 1.59. The molecule has 0 spiro atoms. The third kappa shape index (κ3) is 1.52. The van der Waals surface area contributed by atoms with Crippen molar-refractivity contribution in [3.8, 4) is 0 Å². The zero-order valence-electron chi connectivity index (χ0n) is 5.10. The minimum absolute atomic E-state index is 0.0133. The second-order valence-corrected chi connectivity index (χ2v) is 2.96. The van der Waals surface area contributed by atoms with E-state index in [2.05, 4.69) is 15.9 Å². The first-order valence-corrected chi connectivity index (χ1v) is 3.55. The van der Waals surface area contributed by atoms with Crippen molar-refractivity contribution in [2.45, 2.75) is 6.92 Å². The summed E-state index contributed by atoms with van der Waals surface area (Å²) in [7, 11) is 0. The zero-order valence-corrected chi connectivity index (χ0v) is 6.68. The van der Waals surface area contributed by atoms with Gasteiger partial charge in [0.15, 0.2) is 0 Å². The number of ketones is 1. The Morgan fingerprint density at radius 1 is 1.78 bits per heavy atom. The van der Waals surface area contributed by atoms with Crippen LogP contribution in [0.3, 0.4) is 0 Å². The van der Waals surface area contributed by atoms with Gasteiger partial charge < -0.3 is 0 Å². The summed E-state index contributed by atoms with van der Waals surface area (Å²) in [4.78, 5) is 10.7. The third-order valence-corrected chi connectivity index (χ3v) is 1.80. The highest BCUT2D eigenvalue weighted by molar-refractivity contribution is 9.11. The van der Waals surface area contributed by atoms with Gasteiger partial charge in [0.2, 0.25) is 0 Å². The summed E-state index contributed by atoms with van der Waals surface area (Å²) in [5, 5.41) is 0. The lowest BCUT2D eigenvalue weighted by Gasteiger charge is -1.94. The van der Waals surface area contributed by atoms with Gasteiger partial charge in [-0.25, -0.2) is 0 Å². The highest BCUT2D eigenvalue weighted by Crippen LogP contribution is 2.20. The number of hydrogen-bond acceptors (Lipinski definition) is 1. The summed E-state index contributed by atoms with van der Waals surface area (Å²) in [5.74, 6) is 0.208. The molecule has 0 amide bonds. The van der Waals surface area contributed by atoms with Crippen LogP contribution in [-0.4, -0.2) is 5.78 Å². The average Bonchev–Trinajstić information content (AvgIpc) is 2.14. The molecular formula is C7H7BrO. The minimum atomic E-state index is 0.0133.